The fraction of sp³-hybridized carbons (Fsp3) is 1.00. The van der Waals surface area contributed by atoms with Crippen molar-refractivity contribution in [3.05, 3.63) is 0 Å². The average Bonchev–Trinajstić information content (AvgIpc) is 2.10. The first-order valence-corrected chi connectivity index (χ1v) is 9.31. The van der Waals surface area contributed by atoms with Crippen molar-refractivity contribution in [1.29, 1.82) is 0 Å². The molecule has 0 aromatic heterocycles. The molecule has 0 saturated carbocycles. The van der Waals surface area contributed by atoms with Gasteiger partial charge in [0.05, 0.1) is 0 Å². The summed E-state index contributed by atoms with van der Waals surface area (Å²) in [5.41, 5.74) is 0. The number of unbranched alkanes of at least 4 members (excludes halogenated alkanes) is 5. The van der Waals surface area contributed by atoms with E-state index in [9.17, 15) is 7.89 Å². The summed E-state index contributed by atoms with van der Waals surface area (Å²) in [5, 5.41) is 0. The van der Waals surface area contributed by atoms with E-state index >= 15 is 0 Å². The molecule has 1 atom stereocenters. The van der Waals surface area contributed by atoms with Crippen LogP contribution in [-0.2, 0) is 26.5 Å². The molecule has 0 radical (unpaired) electrons. The molecule has 1 unspecified atom stereocenters. The van der Waals surface area contributed by atoms with E-state index in [4.69, 9.17) is 0 Å². The van der Waals surface area contributed by atoms with E-state index in [2.05, 4.69) is 6.92 Å². The van der Waals surface area contributed by atoms with Crippen LogP contribution < -0.4 is 0 Å². The van der Waals surface area contributed by atoms with Crippen LogP contribution in [0.1, 0.15) is 45.4 Å². The van der Waals surface area contributed by atoms with Crippen LogP contribution in [0.15, 0.2) is 0 Å². The van der Waals surface area contributed by atoms with E-state index in [0.717, 1.165) is 12.6 Å². The van der Waals surface area contributed by atoms with E-state index in [1.807, 2.05) is 0 Å². The first kappa shape index (κ1) is 12.7. The van der Waals surface area contributed by atoms with Crippen LogP contribution in [0.4, 0.5) is 0 Å². The van der Waals surface area contributed by atoms with Crippen LogP contribution >= 0.6 is 5.79 Å². The van der Waals surface area contributed by atoms with Gasteiger partial charge in [-0.05, 0) is 0 Å². The Morgan fingerprint density at radius 1 is 1.08 bits per heavy atom. The van der Waals surface area contributed by atoms with Gasteiger partial charge in [-0.15, -0.1) is 0 Å². The number of hydrogen-bond donors (Lipinski definition) is 0. The molecule has 0 fully saturated rings. The predicted octanol–water partition coefficient (Wildman–Crippen LogP) is 3.25. The zero-order valence-electron chi connectivity index (χ0n) is 7.77. The number of hydrogen-bond acceptors (Lipinski definition) is 2. The molecule has 0 heterocycles. The van der Waals surface area contributed by atoms with E-state index in [-0.39, 0.29) is 0 Å². The summed E-state index contributed by atoms with van der Waals surface area (Å²) in [6.07, 6.45) is 8.05. The van der Waals surface area contributed by atoms with Crippen molar-refractivity contribution in [3.63, 3.8) is 0 Å². The molecule has 2 nitrogen and oxygen atoms in total. The molecule has 0 N–H and O–H groups in total. The Balaban J connectivity index is 3.00. The molecule has 0 aromatic rings. The van der Waals surface area contributed by atoms with Gasteiger partial charge in [-0.3, -0.25) is 0 Å². The molecule has 0 aromatic carbocycles. The minimum absolute atomic E-state index is 0.736. The van der Waals surface area contributed by atoms with Gasteiger partial charge >= 0.3 is 83.9 Å². The standard InChI is InChI=1S/C8H17OP.O.Ti/c1-2-3-4-5-6-7-8-10-9;;/h2-8H2,1H3;;/q;;-1/p+1. The van der Waals surface area contributed by atoms with Crippen molar-refractivity contribution in [2.24, 2.45) is 0 Å². The summed E-state index contributed by atoms with van der Waals surface area (Å²) >= 11 is -1.30. The van der Waals surface area contributed by atoms with Crippen molar-refractivity contribution in [1.82, 2.24) is 0 Å². The fourth-order valence-electron chi connectivity index (χ4n) is 1.12. The van der Waals surface area contributed by atoms with Gasteiger partial charge < -0.3 is 0 Å². The normalized spacial score (nSPS) is 12.4. The van der Waals surface area contributed by atoms with E-state index in [0.29, 0.717) is 0 Å². The van der Waals surface area contributed by atoms with E-state index < -0.39 is 24.4 Å². The molecule has 71 valence electrons. The van der Waals surface area contributed by atoms with Crippen LogP contribution in [0, 0.1) is 0 Å². The first-order chi connectivity index (χ1) is 5.81. The van der Waals surface area contributed by atoms with Crippen molar-refractivity contribution in [2.75, 3.05) is 6.16 Å². The van der Waals surface area contributed by atoms with Gasteiger partial charge in [0.15, 0.2) is 0 Å². The minimum atomic E-state index is -1.60. The zero-order chi connectivity index (χ0) is 9.23. The van der Waals surface area contributed by atoms with Gasteiger partial charge in [-0.2, -0.15) is 0 Å². The third kappa shape index (κ3) is 8.84. The second-order valence-corrected chi connectivity index (χ2v) is 8.16. The average molecular weight is 225 g/mol. The third-order valence-corrected chi connectivity index (χ3v) is 5.14. The SMILES string of the molecule is CCCCCCCC[PH](=O)[Ti]=[O]. The van der Waals surface area contributed by atoms with Crippen molar-refractivity contribution in [3.8, 4) is 0 Å². The summed E-state index contributed by atoms with van der Waals surface area (Å²) in [4.78, 5) is 0. The Hall–Kier alpha value is 0.744. The second kappa shape index (κ2) is 9.83. The van der Waals surface area contributed by atoms with E-state index in [1.165, 1.54) is 32.1 Å². The van der Waals surface area contributed by atoms with Crippen LogP contribution in [-0.4, -0.2) is 6.16 Å². The summed E-state index contributed by atoms with van der Waals surface area (Å²) in [6, 6.07) is 0. The molecular formula is C8H18O2PTi. The van der Waals surface area contributed by atoms with Crippen molar-refractivity contribution in [2.45, 2.75) is 45.4 Å². The molecule has 0 spiro atoms. The molecule has 0 aliphatic rings. The van der Waals surface area contributed by atoms with Crippen LogP contribution in [0.2, 0.25) is 0 Å². The Morgan fingerprint density at radius 2 is 1.67 bits per heavy atom. The molecule has 0 amide bonds. The quantitative estimate of drug-likeness (QED) is 0.361. The molecular weight excluding hydrogens is 207 g/mol. The van der Waals surface area contributed by atoms with Crippen molar-refractivity contribution < 1.29 is 26.5 Å². The Bertz CT molecular complexity index is 139. The molecule has 4 heteroatoms. The summed E-state index contributed by atoms with van der Waals surface area (Å²) < 4.78 is 21.1. The van der Waals surface area contributed by atoms with Gasteiger partial charge in [-0.25, -0.2) is 0 Å². The summed E-state index contributed by atoms with van der Waals surface area (Å²) in [7, 11) is 0. The Kier molecular flexibility index (Phi) is 10.4. The molecule has 0 saturated heterocycles. The third-order valence-electron chi connectivity index (χ3n) is 1.87. The van der Waals surface area contributed by atoms with Gasteiger partial charge in [0.1, 0.15) is 0 Å². The first-order valence-electron chi connectivity index (χ1n) is 4.72. The van der Waals surface area contributed by atoms with Crippen LogP contribution in [0.3, 0.4) is 0 Å². The Morgan fingerprint density at radius 3 is 2.25 bits per heavy atom. The maximum absolute atomic E-state index is 10.8. The summed E-state index contributed by atoms with van der Waals surface area (Å²) in [5.74, 6) is -1.60. The van der Waals surface area contributed by atoms with Gasteiger partial charge in [0, 0.05) is 0 Å². The van der Waals surface area contributed by atoms with Gasteiger partial charge in [-0.1, -0.05) is 0 Å². The molecule has 12 heavy (non-hydrogen) atoms. The monoisotopic (exact) mass is 225 g/mol. The molecule has 0 aliphatic carbocycles. The molecule has 0 rings (SSSR count). The molecule has 0 bridgehead atoms. The Labute approximate surface area is 84.0 Å². The van der Waals surface area contributed by atoms with Crippen molar-refractivity contribution >= 4 is 5.79 Å². The van der Waals surface area contributed by atoms with Crippen LogP contribution in [0.25, 0.3) is 0 Å². The number of rotatable bonds is 8. The van der Waals surface area contributed by atoms with E-state index in [1.54, 1.807) is 0 Å². The van der Waals surface area contributed by atoms with Gasteiger partial charge in [0.2, 0.25) is 0 Å². The fourth-order valence-corrected chi connectivity index (χ4v) is 3.10. The topological polar surface area (TPSA) is 34.1 Å². The van der Waals surface area contributed by atoms with Crippen LogP contribution in [0.5, 0.6) is 0 Å². The summed E-state index contributed by atoms with van der Waals surface area (Å²) in [6.45, 7) is 2.20. The predicted molar refractivity (Wildman–Crippen MR) is 47.9 cm³/mol. The molecule has 0 aliphatic heterocycles. The van der Waals surface area contributed by atoms with Gasteiger partial charge in [0.25, 0.3) is 0 Å². The second-order valence-electron chi connectivity index (χ2n) is 3.04. The zero-order valence-corrected chi connectivity index (χ0v) is 10.3. The maximum atomic E-state index is 10.8.